The molecule has 0 amide bonds. The molecule has 0 aromatic heterocycles. The van der Waals surface area contributed by atoms with Crippen molar-refractivity contribution in [1.29, 1.82) is 0 Å². The van der Waals surface area contributed by atoms with E-state index in [1.807, 2.05) is 26.2 Å². The molecule has 100 valence electrons. The predicted molar refractivity (Wildman–Crippen MR) is 76.6 cm³/mol. The standard InChI is InChI=1S/C15H24N2O/c1-15(2,3)13-8-6-12(7-9-13)14(16-18)10-11-17(4)5/h6-9,18H,10-11H2,1-5H3. The first-order valence-electron chi connectivity index (χ1n) is 6.31. The number of hydrogen-bond acceptors (Lipinski definition) is 3. The fraction of sp³-hybridized carbons (Fsp3) is 0.533. The van der Waals surface area contributed by atoms with Crippen molar-refractivity contribution in [2.75, 3.05) is 20.6 Å². The normalized spacial score (nSPS) is 13.1. The Balaban J connectivity index is 2.83. The van der Waals surface area contributed by atoms with Gasteiger partial charge in [-0.3, -0.25) is 0 Å². The molecule has 0 unspecified atom stereocenters. The molecule has 3 nitrogen and oxygen atoms in total. The number of rotatable bonds is 4. The van der Waals surface area contributed by atoms with Crippen LogP contribution in [0, 0.1) is 0 Å². The van der Waals surface area contributed by atoms with E-state index in [0.29, 0.717) is 0 Å². The second kappa shape index (κ2) is 6.01. The number of oxime groups is 1. The summed E-state index contributed by atoms with van der Waals surface area (Å²) in [7, 11) is 4.02. The van der Waals surface area contributed by atoms with Crippen molar-refractivity contribution in [3.8, 4) is 0 Å². The van der Waals surface area contributed by atoms with Crippen molar-refractivity contribution in [1.82, 2.24) is 4.90 Å². The van der Waals surface area contributed by atoms with Crippen molar-refractivity contribution in [3.05, 3.63) is 35.4 Å². The Bertz CT molecular complexity index is 399. The summed E-state index contributed by atoms with van der Waals surface area (Å²) < 4.78 is 0. The third-order valence-electron chi connectivity index (χ3n) is 3.00. The molecule has 0 spiro atoms. The van der Waals surface area contributed by atoms with Crippen LogP contribution in [0.2, 0.25) is 0 Å². The summed E-state index contributed by atoms with van der Waals surface area (Å²) in [6, 6.07) is 8.28. The fourth-order valence-corrected chi connectivity index (χ4v) is 1.74. The highest BCUT2D eigenvalue weighted by Crippen LogP contribution is 2.22. The van der Waals surface area contributed by atoms with E-state index in [0.717, 1.165) is 24.2 Å². The lowest BCUT2D eigenvalue weighted by atomic mass is 9.86. The molecule has 0 fully saturated rings. The van der Waals surface area contributed by atoms with Gasteiger partial charge in [0.1, 0.15) is 0 Å². The van der Waals surface area contributed by atoms with Crippen LogP contribution in [0.5, 0.6) is 0 Å². The minimum Gasteiger partial charge on any atom is -0.411 e. The van der Waals surface area contributed by atoms with Gasteiger partial charge in [-0.05, 0) is 30.6 Å². The monoisotopic (exact) mass is 248 g/mol. The highest BCUT2D eigenvalue weighted by molar-refractivity contribution is 6.00. The van der Waals surface area contributed by atoms with Crippen molar-refractivity contribution in [2.45, 2.75) is 32.6 Å². The summed E-state index contributed by atoms with van der Waals surface area (Å²) in [6.45, 7) is 7.44. The van der Waals surface area contributed by atoms with Crippen LogP contribution >= 0.6 is 0 Å². The summed E-state index contributed by atoms with van der Waals surface area (Å²) in [5.41, 5.74) is 3.17. The summed E-state index contributed by atoms with van der Waals surface area (Å²) in [6.07, 6.45) is 0.748. The smallest absolute Gasteiger partial charge is 0.0880 e. The van der Waals surface area contributed by atoms with Gasteiger partial charge in [-0.25, -0.2) is 0 Å². The van der Waals surface area contributed by atoms with Crippen molar-refractivity contribution < 1.29 is 5.21 Å². The first-order valence-corrected chi connectivity index (χ1v) is 6.31. The predicted octanol–water partition coefficient (Wildman–Crippen LogP) is 3.11. The highest BCUT2D eigenvalue weighted by atomic mass is 16.4. The van der Waals surface area contributed by atoms with Crippen molar-refractivity contribution >= 4 is 5.71 Å². The minimum atomic E-state index is 0.151. The van der Waals surface area contributed by atoms with Crippen LogP contribution in [0.25, 0.3) is 0 Å². The number of hydrogen-bond donors (Lipinski definition) is 1. The molecule has 1 N–H and O–H groups in total. The topological polar surface area (TPSA) is 35.8 Å². The molecule has 18 heavy (non-hydrogen) atoms. The summed E-state index contributed by atoms with van der Waals surface area (Å²) >= 11 is 0. The largest absolute Gasteiger partial charge is 0.411 e. The van der Waals surface area contributed by atoms with Crippen LogP contribution in [0.4, 0.5) is 0 Å². The first kappa shape index (κ1) is 14.7. The number of nitrogens with zero attached hydrogens (tertiary/aromatic N) is 2. The van der Waals surface area contributed by atoms with Crippen LogP contribution in [-0.4, -0.2) is 36.5 Å². The van der Waals surface area contributed by atoms with E-state index in [9.17, 15) is 0 Å². The zero-order chi connectivity index (χ0) is 13.8. The zero-order valence-corrected chi connectivity index (χ0v) is 12.1. The molecule has 0 heterocycles. The summed E-state index contributed by atoms with van der Waals surface area (Å²) in [5, 5.41) is 12.5. The molecule has 1 aromatic carbocycles. The Kier molecular flexibility index (Phi) is 4.91. The van der Waals surface area contributed by atoms with E-state index in [1.165, 1.54) is 5.56 Å². The minimum absolute atomic E-state index is 0.151. The van der Waals surface area contributed by atoms with Gasteiger partial charge in [-0.2, -0.15) is 0 Å². The molecule has 1 aromatic rings. The quantitative estimate of drug-likeness (QED) is 0.505. The Morgan fingerprint density at radius 1 is 1.17 bits per heavy atom. The Hall–Kier alpha value is -1.35. The maximum atomic E-state index is 9.09. The van der Waals surface area contributed by atoms with E-state index in [-0.39, 0.29) is 5.41 Å². The lowest BCUT2D eigenvalue weighted by molar-refractivity contribution is 0.316. The van der Waals surface area contributed by atoms with Crippen molar-refractivity contribution in [2.24, 2.45) is 5.16 Å². The van der Waals surface area contributed by atoms with Gasteiger partial charge in [-0.15, -0.1) is 0 Å². The van der Waals surface area contributed by atoms with Gasteiger partial charge in [0.05, 0.1) is 5.71 Å². The number of benzene rings is 1. The van der Waals surface area contributed by atoms with Gasteiger partial charge < -0.3 is 10.1 Å². The van der Waals surface area contributed by atoms with Crippen LogP contribution in [0.15, 0.2) is 29.4 Å². The molecule has 0 aliphatic carbocycles. The van der Waals surface area contributed by atoms with Crippen LogP contribution in [0.3, 0.4) is 0 Å². The average Bonchev–Trinajstić information content (AvgIpc) is 2.29. The molecule has 3 heteroatoms. The van der Waals surface area contributed by atoms with Crippen LogP contribution in [0.1, 0.15) is 38.3 Å². The van der Waals surface area contributed by atoms with Gasteiger partial charge in [0, 0.05) is 13.0 Å². The van der Waals surface area contributed by atoms with Gasteiger partial charge in [0.25, 0.3) is 0 Å². The van der Waals surface area contributed by atoms with Crippen LogP contribution in [-0.2, 0) is 5.41 Å². The highest BCUT2D eigenvalue weighted by Gasteiger charge is 2.13. The van der Waals surface area contributed by atoms with E-state index >= 15 is 0 Å². The van der Waals surface area contributed by atoms with E-state index in [2.05, 4.69) is 43.0 Å². The maximum absolute atomic E-state index is 9.09. The van der Waals surface area contributed by atoms with Gasteiger partial charge >= 0.3 is 0 Å². The third-order valence-corrected chi connectivity index (χ3v) is 3.00. The Morgan fingerprint density at radius 2 is 1.72 bits per heavy atom. The second-order valence-corrected chi connectivity index (χ2v) is 5.93. The molecular weight excluding hydrogens is 224 g/mol. The lowest BCUT2D eigenvalue weighted by Crippen LogP contribution is -2.17. The van der Waals surface area contributed by atoms with Gasteiger partial charge in [-0.1, -0.05) is 50.2 Å². The molecule has 0 atom stereocenters. The summed E-state index contributed by atoms with van der Waals surface area (Å²) in [5.74, 6) is 0. The SMILES string of the molecule is CN(C)CCC(=NO)c1ccc(C(C)(C)C)cc1. The third kappa shape index (κ3) is 4.15. The lowest BCUT2D eigenvalue weighted by Gasteiger charge is -2.19. The fourth-order valence-electron chi connectivity index (χ4n) is 1.74. The molecule has 0 aliphatic rings. The second-order valence-electron chi connectivity index (χ2n) is 5.93. The molecule has 1 rings (SSSR count). The van der Waals surface area contributed by atoms with Crippen molar-refractivity contribution in [3.63, 3.8) is 0 Å². The zero-order valence-electron chi connectivity index (χ0n) is 12.1. The van der Waals surface area contributed by atoms with E-state index in [4.69, 9.17) is 5.21 Å². The first-order chi connectivity index (χ1) is 8.34. The van der Waals surface area contributed by atoms with E-state index in [1.54, 1.807) is 0 Å². The van der Waals surface area contributed by atoms with Crippen LogP contribution < -0.4 is 0 Å². The maximum Gasteiger partial charge on any atom is 0.0880 e. The molecular formula is C15H24N2O. The Morgan fingerprint density at radius 3 is 2.11 bits per heavy atom. The summed E-state index contributed by atoms with van der Waals surface area (Å²) in [4.78, 5) is 2.08. The molecule has 0 radical (unpaired) electrons. The molecule has 0 bridgehead atoms. The van der Waals surface area contributed by atoms with E-state index < -0.39 is 0 Å². The Labute approximate surface area is 110 Å². The van der Waals surface area contributed by atoms with Gasteiger partial charge in [0.15, 0.2) is 0 Å². The molecule has 0 aliphatic heterocycles. The van der Waals surface area contributed by atoms with Gasteiger partial charge in [0.2, 0.25) is 0 Å². The molecule has 0 saturated heterocycles. The average molecular weight is 248 g/mol. The molecule has 0 saturated carbocycles.